The van der Waals surface area contributed by atoms with E-state index in [0.717, 1.165) is 11.8 Å². The van der Waals surface area contributed by atoms with Crippen LogP contribution in [0.1, 0.15) is 48.6 Å². The maximum Gasteiger partial charge on any atom is -0.0158 e. The maximum atomic E-state index is 3.21. The molecule has 12 heavy (non-hydrogen) atoms. The lowest BCUT2D eigenvalue weighted by atomic mass is 10.00. The van der Waals surface area contributed by atoms with E-state index in [4.69, 9.17) is 0 Å². The summed E-state index contributed by atoms with van der Waals surface area (Å²) in [6, 6.07) is 9.77. The predicted molar refractivity (Wildman–Crippen MR) is 49.2 cm³/mol. The summed E-state index contributed by atoms with van der Waals surface area (Å²) in [6.07, 6.45) is 5.67. The van der Waals surface area contributed by atoms with Gasteiger partial charge in [-0.3, -0.25) is 0 Å². The summed E-state index contributed by atoms with van der Waals surface area (Å²) in [7, 11) is 0. The van der Waals surface area contributed by atoms with Crippen LogP contribution in [0.3, 0.4) is 0 Å². The van der Waals surface area contributed by atoms with Crippen molar-refractivity contribution in [2.75, 3.05) is 0 Å². The van der Waals surface area contributed by atoms with Gasteiger partial charge in [-0.2, -0.15) is 0 Å². The molecule has 2 saturated carbocycles. The molecule has 2 aliphatic carbocycles. The highest BCUT2D eigenvalue weighted by Crippen LogP contribution is 2.48. The van der Waals surface area contributed by atoms with Crippen LogP contribution >= 0.6 is 0 Å². The zero-order valence-corrected chi connectivity index (χ0v) is 7.22. The van der Waals surface area contributed by atoms with Gasteiger partial charge < -0.3 is 0 Å². The summed E-state index contributed by atoms with van der Waals surface area (Å²) in [5.41, 5.74) is 3.25. The van der Waals surface area contributed by atoms with E-state index in [9.17, 15) is 0 Å². The Labute approximate surface area is 73.6 Å². The van der Waals surface area contributed by atoms with Crippen LogP contribution in [0, 0.1) is 6.07 Å². The first-order chi connectivity index (χ1) is 5.95. The zero-order chi connectivity index (χ0) is 7.97. The van der Waals surface area contributed by atoms with Crippen LogP contribution in [-0.4, -0.2) is 0 Å². The first-order valence-corrected chi connectivity index (χ1v) is 4.95. The van der Waals surface area contributed by atoms with Crippen LogP contribution < -0.4 is 0 Å². The van der Waals surface area contributed by atoms with Crippen molar-refractivity contribution in [2.45, 2.75) is 37.5 Å². The van der Waals surface area contributed by atoms with Crippen molar-refractivity contribution in [3.8, 4) is 0 Å². The third-order valence-electron chi connectivity index (χ3n) is 2.97. The van der Waals surface area contributed by atoms with E-state index in [-0.39, 0.29) is 0 Å². The van der Waals surface area contributed by atoms with E-state index in [1.807, 2.05) is 0 Å². The van der Waals surface area contributed by atoms with Crippen LogP contribution in [0.2, 0.25) is 0 Å². The minimum absolute atomic E-state index is 0.901. The van der Waals surface area contributed by atoms with E-state index in [1.165, 1.54) is 25.7 Å². The predicted octanol–water partition coefficient (Wildman–Crippen LogP) is 3.24. The molecular formula is C12H13. The average Bonchev–Trinajstić information content (AvgIpc) is 2.99. The molecule has 0 heterocycles. The van der Waals surface area contributed by atoms with E-state index >= 15 is 0 Å². The highest BCUT2D eigenvalue weighted by Gasteiger charge is 2.31. The van der Waals surface area contributed by atoms with Crippen LogP contribution in [0.5, 0.6) is 0 Å². The van der Waals surface area contributed by atoms with Gasteiger partial charge in [0.2, 0.25) is 0 Å². The first-order valence-electron chi connectivity index (χ1n) is 4.95. The minimum atomic E-state index is 0.901. The molecule has 1 aromatic rings. The second-order valence-corrected chi connectivity index (χ2v) is 4.10. The fraction of sp³-hybridized carbons (Fsp3) is 0.500. The molecule has 0 heteroatoms. The molecule has 0 amide bonds. The van der Waals surface area contributed by atoms with Gasteiger partial charge in [0, 0.05) is 0 Å². The molecule has 61 valence electrons. The summed E-state index contributed by atoms with van der Waals surface area (Å²) in [5.74, 6) is 1.81. The fourth-order valence-electron chi connectivity index (χ4n) is 1.97. The zero-order valence-electron chi connectivity index (χ0n) is 7.22. The highest BCUT2D eigenvalue weighted by atomic mass is 14.4. The Balaban J connectivity index is 2.02. The topological polar surface area (TPSA) is 0 Å². The highest BCUT2D eigenvalue weighted by molar-refractivity contribution is 5.37. The Bertz CT molecular complexity index is 262. The van der Waals surface area contributed by atoms with Gasteiger partial charge in [0.25, 0.3) is 0 Å². The van der Waals surface area contributed by atoms with Gasteiger partial charge in [-0.25, -0.2) is 0 Å². The summed E-state index contributed by atoms with van der Waals surface area (Å²) < 4.78 is 0. The second kappa shape index (κ2) is 2.35. The SMILES string of the molecule is [c]1ccc(C2CC2)c(C2CC2)c1. The monoisotopic (exact) mass is 157 g/mol. The van der Waals surface area contributed by atoms with Gasteiger partial charge in [0.1, 0.15) is 0 Å². The lowest BCUT2D eigenvalue weighted by Crippen LogP contribution is -1.88. The minimum Gasteiger partial charge on any atom is -0.0579 e. The molecule has 0 atom stereocenters. The summed E-state index contributed by atoms with van der Waals surface area (Å²) in [4.78, 5) is 0. The molecule has 0 aliphatic heterocycles. The number of rotatable bonds is 2. The molecule has 0 spiro atoms. The summed E-state index contributed by atoms with van der Waals surface area (Å²) in [6.45, 7) is 0. The van der Waals surface area contributed by atoms with Crippen molar-refractivity contribution < 1.29 is 0 Å². The Morgan fingerprint density at radius 1 is 1.00 bits per heavy atom. The van der Waals surface area contributed by atoms with Crippen LogP contribution in [0.25, 0.3) is 0 Å². The van der Waals surface area contributed by atoms with Crippen molar-refractivity contribution in [2.24, 2.45) is 0 Å². The Morgan fingerprint density at radius 2 is 1.67 bits per heavy atom. The quantitative estimate of drug-likeness (QED) is 0.618. The Morgan fingerprint density at radius 3 is 2.33 bits per heavy atom. The molecule has 1 aromatic carbocycles. The van der Waals surface area contributed by atoms with Crippen LogP contribution in [0.4, 0.5) is 0 Å². The van der Waals surface area contributed by atoms with Crippen molar-refractivity contribution in [3.63, 3.8) is 0 Å². The smallest absolute Gasteiger partial charge is 0.0158 e. The Hall–Kier alpha value is -0.780. The van der Waals surface area contributed by atoms with Gasteiger partial charge in [0.15, 0.2) is 0 Å². The maximum absolute atomic E-state index is 3.21. The largest absolute Gasteiger partial charge is 0.0579 e. The second-order valence-electron chi connectivity index (χ2n) is 4.10. The molecule has 0 aromatic heterocycles. The van der Waals surface area contributed by atoms with Gasteiger partial charge >= 0.3 is 0 Å². The van der Waals surface area contributed by atoms with Crippen molar-refractivity contribution >= 4 is 0 Å². The molecule has 0 nitrogen and oxygen atoms in total. The lowest BCUT2D eigenvalue weighted by molar-refractivity contribution is 1.02. The van der Waals surface area contributed by atoms with E-state index < -0.39 is 0 Å². The number of hydrogen-bond acceptors (Lipinski definition) is 0. The molecule has 3 rings (SSSR count). The summed E-state index contributed by atoms with van der Waals surface area (Å²) >= 11 is 0. The van der Waals surface area contributed by atoms with Crippen LogP contribution in [-0.2, 0) is 0 Å². The molecule has 0 unspecified atom stereocenters. The number of hydrogen-bond donors (Lipinski definition) is 0. The van der Waals surface area contributed by atoms with Gasteiger partial charge in [-0.05, 0) is 54.7 Å². The third-order valence-corrected chi connectivity index (χ3v) is 2.97. The molecule has 2 aliphatic rings. The van der Waals surface area contributed by atoms with Gasteiger partial charge in [-0.15, -0.1) is 0 Å². The van der Waals surface area contributed by atoms with E-state index in [2.05, 4.69) is 24.3 Å². The molecule has 0 N–H and O–H groups in total. The number of benzene rings is 1. The lowest BCUT2D eigenvalue weighted by Gasteiger charge is -2.05. The first kappa shape index (κ1) is 6.71. The van der Waals surface area contributed by atoms with Gasteiger partial charge in [0.05, 0.1) is 0 Å². The van der Waals surface area contributed by atoms with Crippen molar-refractivity contribution in [1.29, 1.82) is 0 Å². The Kier molecular flexibility index (Phi) is 1.31. The normalized spacial score (nSPS) is 22.7. The van der Waals surface area contributed by atoms with E-state index in [1.54, 1.807) is 11.1 Å². The fourth-order valence-corrected chi connectivity index (χ4v) is 1.97. The molecule has 0 bridgehead atoms. The van der Waals surface area contributed by atoms with E-state index in [0.29, 0.717) is 0 Å². The van der Waals surface area contributed by atoms with Gasteiger partial charge in [-0.1, -0.05) is 18.2 Å². The molecule has 1 radical (unpaired) electrons. The van der Waals surface area contributed by atoms with Crippen LogP contribution in [0.15, 0.2) is 18.2 Å². The third kappa shape index (κ3) is 1.06. The standard InChI is InChI=1S/C12H13/c1-2-4-12(10-7-8-10)11(3-1)9-5-6-9/h1,3-4,9-10H,5-8H2. The molecule has 0 saturated heterocycles. The summed E-state index contributed by atoms with van der Waals surface area (Å²) in [5, 5.41) is 0. The van der Waals surface area contributed by atoms with Crippen molar-refractivity contribution in [1.82, 2.24) is 0 Å². The molecular weight excluding hydrogens is 144 g/mol. The average molecular weight is 157 g/mol. The molecule has 2 fully saturated rings. The van der Waals surface area contributed by atoms with Crippen molar-refractivity contribution in [3.05, 3.63) is 35.4 Å².